The molecule has 25 heavy (non-hydrogen) atoms. The zero-order chi connectivity index (χ0) is 17.8. The van der Waals surface area contributed by atoms with E-state index in [9.17, 15) is 9.18 Å². The van der Waals surface area contributed by atoms with Gasteiger partial charge in [0, 0.05) is 5.56 Å². The lowest BCUT2D eigenvalue weighted by Crippen LogP contribution is -2.17. The molecule has 3 aromatic rings. The molecule has 0 spiro atoms. The molecule has 1 heterocycles. The highest BCUT2D eigenvalue weighted by Crippen LogP contribution is 2.20. The van der Waals surface area contributed by atoms with Crippen molar-refractivity contribution in [3.63, 3.8) is 0 Å². The second-order valence-electron chi connectivity index (χ2n) is 5.72. The Balaban J connectivity index is 1.68. The lowest BCUT2D eigenvalue weighted by Gasteiger charge is -2.01. The van der Waals surface area contributed by atoms with Crippen molar-refractivity contribution in [1.29, 1.82) is 0 Å². The molecule has 2 N–H and O–H groups in total. The van der Waals surface area contributed by atoms with Crippen LogP contribution in [0.1, 0.15) is 27.2 Å². The Kier molecular flexibility index (Phi) is 4.70. The van der Waals surface area contributed by atoms with E-state index in [1.54, 1.807) is 18.2 Å². The van der Waals surface area contributed by atoms with Crippen LogP contribution in [-0.2, 0) is 0 Å². The monoisotopic (exact) mass is 336 g/mol. The van der Waals surface area contributed by atoms with E-state index in [-0.39, 0.29) is 5.82 Å². The molecular weight excluding hydrogens is 319 g/mol. The first-order valence-electron chi connectivity index (χ1n) is 7.75. The number of carbonyl (C=O) groups is 1. The quantitative estimate of drug-likeness (QED) is 0.564. The molecule has 0 aliphatic heterocycles. The Morgan fingerprint density at radius 3 is 2.60 bits per heavy atom. The fourth-order valence-corrected chi connectivity index (χ4v) is 2.26. The number of nitrogens with zero attached hydrogens (tertiary/aromatic N) is 2. The number of amides is 1. The topological polar surface area (TPSA) is 70.1 Å². The van der Waals surface area contributed by atoms with E-state index in [1.165, 1.54) is 23.9 Å². The van der Waals surface area contributed by atoms with Crippen molar-refractivity contribution >= 4 is 12.1 Å². The number of halogens is 1. The van der Waals surface area contributed by atoms with Gasteiger partial charge in [0.1, 0.15) is 11.5 Å². The molecule has 3 rings (SSSR count). The Labute approximate surface area is 144 Å². The Morgan fingerprint density at radius 1 is 1.12 bits per heavy atom. The molecule has 0 unspecified atom stereocenters. The van der Waals surface area contributed by atoms with E-state index in [1.807, 2.05) is 32.0 Å². The summed E-state index contributed by atoms with van der Waals surface area (Å²) in [5.41, 5.74) is 7.40. The van der Waals surface area contributed by atoms with E-state index in [2.05, 4.69) is 20.7 Å². The number of nitrogens with one attached hydrogen (secondary N) is 2. The maximum absolute atomic E-state index is 12.8. The van der Waals surface area contributed by atoms with E-state index in [0.717, 1.165) is 11.1 Å². The Morgan fingerprint density at radius 2 is 1.88 bits per heavy atom. The van der Waals surface area contributed by atoms with Gasteiger partial charge >= 0.3 is 0 Å². The van der Waals surface area contributed by atoms with Crippen LogP contribution in [0, 0.1) is 19.7 Å². The summed E-state index contributed by atoms with van der Waals surface area (Å²) in [6, 6.07) is 13.5. The van der Waals surface area contributed by atoms with E-state index >= 15 is 0 Å². The predicted molar refractivity (Wildman–Crippen MR) is 95.0 cm³/mol. The molecule has 0 aliphatic rings. The van der Waals surface area contributed by atoms with Gasteiger partial charge in [-0.1, -0.05) is 24.3 Å². The first-order chi connectivity index (χ1) is 12.0. The molecule has 0 bridgehead atoms. The number of hydrogen-bond donors (Lipinski definition) is 2. The van der Waals surface area contributed by atoms with Crippen molar-refractivity contribution in [3.05, 3.63) is 76.7 Å². The summed E-state index contributed by atoms with van der Waals surface area (Å²) in [7, 11) is 0. The van der Waals surface area contributed by atoms with Crippen LogP contribution in [0.3, 0.4) is 0 Å². The lowest BCUT2D eigenvalue weighted by atomic mass is 10.0. The first-order valence-corrected chi connectivity index (χ1v) is 7.75. The number of aromatic amines is 1. The number of rotatable bonds is 4. The van der Waals surface area contributed by atoms with Crippen LogP contribution in [-0.4, -0.2) is 22.3 Å². The fourth-order valence-electron chi connectivity index (χ4n) is 2.26. The van der Waals surface area contributed by atoms with Crippen LogP contribution in [0.25, 0.3) is 11.3 Å². The van der Waals surface area contributed by atoms with E-state index < -0.39 is 5.91 Å². The molecule has 0 aliphatic carbocycles. The van der Waals surface area contributed by atoms with Gasteiger partial charge in [0.25, 0.3) is 5.91 Å². The molecule has 0 saturated heterocycles. The molecule has 2 aromatic carbocycles. The number of aryl methyl sites for hydroxylation is 2. The maximum Gasteiger partial charge on any atom is 0.289 e. The van der Waals surface area contributed by atoms with Crippen LogP contribution in [0.5, 0.6) is 0 Å². The van der Waals surface area contributed by atoms with Gasteiger partial charge in [-0.15, -0.1) is 0 Å². The third kappa shape index (κ3) is 3.98. The molecule has 0 radical (unpaired) electrons. The van der Waals surface area contributed by atoms with Crippen molar-refractivity contribution in [3.8, 4) is 11.3 Å². The summed E-state index contributed by atoms with van der Waals surface area (Å²) >= 11 is 0. The average molecular weight is 336 g/mol. The number of hydrazone groups is 1. The number of carbonyl (C=O) groups excluding carboxylic acids is 1. The van der Waals surface area contributed by atoms with Crippen molar-refractivity contribution in [2.24, 2.45) is 5.10 Å². The molecule has 5 nitrogen and oxygen atoms in total. The van der Waals surface area contributed by atoms with Gasteiger partial charge in [0.15, 0.2) is 0 Å². The highest BCUT2D eigenvalue weighted by Gasteiger charge is 2.10. The summed E-state index contributed by atoms with van der Waals surface area (Å²) in [6.45, 7) is 4.07. The highest BCUT2D eigenvalue weighted by molar-refractivity contribution is 5.94. The summed E-state index contributed by atoms with van der Waals surface area (Å²) in [5.74, 6) is -0.724. The second kappa shape index (κ2) is 7.09. The zero-order valence-electron chi connectivity index (χ0n) is 13.9. The van der Waals surface area contributed by atoms with Crippen LogP contribution >= 0.6 is 0 Å². The maximum atomic E-state index is 12.8. The third-order valence-electron chi connectivity index (χ3n) is 3.87. The molecule has 0 atom stereocenters. The minimum Gasteiger partial charge on any atom is -0.272 e. The molecular formula is C19H17FN4O. The third-order valence-corrected chi connectivity index (χ3v) is 3.87. The first kappa shape index (κ1) is 16.6. The van der Waals surface area contributed by atoms with Gasteiger partial charge in [-0.3, -0.25) is 9.89 Å². The van der Waals surface area contributed by atoms with Crippen LogP contribution in [0.2, 0.25) is 0 Å². The standard InChI is InChI=1S/C19H17FN4O/c1-12-3-6-15(9-13(12)2)17-10-18(23-22-17)19(25)24-21-11-14-4-7-16(20)8-5-14/h3-11H,1-2H3,(H,22,23)(H,24,25)/b21-11+. The van der Waals surface area contributed by atoms with Crippen molar-refractivity contribution in [2.45, 2.75) is 13.8 Å². The Bertz CT molecular complexity index is 929. The van der Waals surface area contributed by atoms with Gasteiger partial charge < -0.3 is 0 Å². The van der Waals surface area contributed by atoms with Gasteiger partial charge in [-0.2, -0.15) is 10.2 Å². The van der Waals surface area contributed by atoms with Crippen LogP contribution < -0.4 is 5.43 Å². The fraction of sp³-hybridized carbons (Fsp3) is 0.105. The number of hydrogen-bond acceptors (Lipinski definition) is 3. The summed E-state index contributed by atoms with van der Waals surface area (Å²) in [4.78, 5) is 12.1. The summed E-state index contributed by atoms with van der Waals surface area (Å²) in [5, 5.41) is 10.7. The highest BCUT2D eigenvalue weighted by atomic mass is 19.1. The molecule has 6 heteroatoms. The number of benzene rings is 2. The molecule has 1 amide bonds. The minimum atomic E-state index is -0.402. The predicted octanol–water partition coefficient (Wildman–Crippen LogP) is 3.60. The minimum absolute atomic E-state index is 0.310. The van der Waals surface area contributed by atoms with E-state index in [0.29, 0.717) is 17.0 Å². The molecule has 0 saturated carbocycles. The van der Waals surface area contributed by atoms with Gasteiger partial charge in [-0.05, 0) is 54.8 Å². The smallest absolute Gasteiger partial charge is 0.272 e. The lowest BCUT2D eigenvalue weighted by molar-refractivity contribution is 0.0950. The van der Waals surface area contributed by atoms with Gasteiger partial charge in [0.2, 0.25) is 0 Å². The SMILES string of the molecule is Cc1ccc(-c2cc(C(=O)N/N=C/c3ccc(F)cc3)[nH]n2)cc1C. The summed E-state index contributed by atoms with van der Waals surface area (Å²) < 4.78 is 12.8. The van der Waals surface area contributed by atoms with Gasteiger partial charge in [-0.25, -0.2) is 9.82 Å². The number of aromatic nitrogens is 2. The number of H-pyrrole nitrogens is 1. The van der Waals surface area contributed by atoms with Crippen molar-refractivity contribution in [2.75, 3.05) is 0 Å². The molecule has 126 valence electrons. The molecule has 0 fully saturated rings. The van der Waals surface area contributed by atoms with Crippen molar-refractivity contribution < 1.29 is 9.18 Å². The van der Waals surface area contributed by atoms with Gasteiger partial charge in [0.05, 0.1) is 11.9 Å². The second-order valence-corrected chi connectivity index (χ2v) is 5.72. The van der Waals surface area contributed by atoms with Crippen molar-refractivity contribution in [1.82, 2.24) is 15.6 Å². The largest absolute Gasteiger partial charge is 0.289 e. The van der Waals surface area contributed by atoms with E-state index in [4.69, 9.17) is 0 Å². The Hall–Kier alpha value is -3.28. The van der Waals surface area contributed by atoms with Crippen LogP contribution in [0.15, 0.2) is 53.6 Å². The molecule has 1 aromatic heterocycles. The zero-order valence-corrected chi connectivity index (χ0v) is 13.9. The normalized spacial score (nSPS) is 11.0. The van der Waals surface area contributed by atoms with Crippen LogP contribution in [0.4, 0.5) is 4.39 Å². The average Bonchev–Trinajstić information content (AvgIpc) is 3.09. The summed E-state index contributed by atoms with van der Waals surface area (Å²) in [6.07, 6.45) is 1.44.